The van der Waals surface area contributed by atoms with E-state index in [2.05, 4.69) is 16.6 Å². The number of methoxy groups -OCH3 is 2. The van der Waals surface area contributed by atoms with Gasteiger partial charge in [0.2, 0.25) is 0 Å². The maximum Gasteiger partial charge on any atom is 0.337 e. The van der Waals surface area contributed by atoms with Crippen LogP contribution in [0.1, 0.15) is 103 Å². The second-order valence-corrected chi connectivity index (χ2v) is 10.6. The first-order valence-electron chi connectivity index (χ1n) is 14.9. The molecular formula is C34H43NO7. The number of rotatable bonds is 19. The molecule has 2 aromatic carbocycles. The lowest BCUT2D eigenvalue weighted by molar-refractivity contribution is -0.140. The van der Waals surface area contributed by atoms with Crippen molar-refractivity contribution in [1.29, 1.82) is 0 Å². The van der Waals surface area contributed by atoms with Gasteiger partial charge >= 0.3 is 11.9 Å². The molecule has 1 aromatic heterocycles. The highest BCUT2D eigenvalue weighted by molar-refractivity contribution is 6.11. The van der Waals surface area contributed by atoms with Crippen molar-refractivity contribution in [2.24, 2.45) is 0 Å². The van der Waals surface area contributed by atoms with E-state index in [1.807, 2.05) is 24.3 Å². The van der Waals surface area contributed by atoms with Crippen molar-refractivity contribution in [1.82, 2.24) is 4.98 Å². The predicted octanol–water partition coefficient (Wildman–Crippen LogP) is 6.96. The summed E-state index contributed by atoms with van der Waals surface area (Å²) < 4.78 is 15.3. The fraction of sp³-hybridized carbons (Fsp3) is 0.471. The average Bonchev–Trinajstić information content (AvgIpc) is 3.36. The number of aromatic nitrogens is 1. The van der Waals surface area contributed by atoms with Gasteiger partial charge in [-0.25, -0.2) is 4.79 Å². The lowest BCUT2D eigenvalue weighted by atomic mass is 9.98. The molecule has 8 nitrogen and oxygen atoms in total. The Morgan fingerprint density at radius 2 is 1.50 bits per heavy atom. The number of ether oxygens (including phenoxy) is 3. The molecule has 0 atom stereocenters. The molecule has 0 unspecified atom stereocenters. The van der Waals surface area contributed by atoms with E-state index in [1.165, 1.54) is 58.3 Å². The molecule has 0 saturated carbocycles. The van der Waals surface area contributed by atoms with Crippen molar-refractivity contribution in [2.75, 3.05) is 20.8 Å². The van der Waals surface area contributed by atoms with E-state index >= 15 is 0 Å². The number of hydrogen-bond donors (Lipinski definition) is 1. The third-order valence-electron chi connectivity index (χ3n) is 7.35. The van der Waals surface area contributed by atoms with E-state index in [0.717, 1.165) is 6.42 Å². The van der Waals surface area contributed by atoms with E-state index in [0.29, 0.717) is 46.3 Å². The van der Waals surface area contributed by atoms with Gasteiger partial charge < -0.3 is 19.2 Å². The maximum atomic E-state index is 13.3. The van der Waals surface area contributed by atoms with E-state index < -0.39 is 5.97 Å². The molecule has 0 aliphatic rings. The van der Waals surface area contributed by atoms with Crippen LogP contribution in [-0.4, -0.2) is 49.3 Å². The van der Waals surface area contributed by atoms with Crippen molar-refractivity contribution in [3.8, 4) is 5.75 Å². The molecule has 226 valence electrons. The Labute approximate surface area is 248 Å². The van der Waals surface area contributed by atoms with E-state index in [1.54, 1.807) is 18.2 Å². The molecule has 8 heteroatoms. The monoisotopic (exact) mass is 577 g/mol. The number of aromatic amines is 1. The van der Waals surface area contributed by atoms with Crippen LogP contribution in [0.5, 0.6) is 5.75 Å². The van der Waals surface area contributed by atoms with Gasteiger partial charge in [-0.2, -0.15) is 0 Å². The Bertz CT molecular complexity index is 1340. The summed E-state index contributed by atoms with van der Waals surface area (Å²) in [7, 11) is 2.63. The van der Waals surface area contributed by atoms with Gasteiger partial charge in [0.25, 0.3) is 0 Å². The van der Waals surface area contributed by atoms with Gasteiger partial charge in [0, 0.05) is 35.0 Å². The second-order valence-electron chi connectivity index (χ2n) is 10.6. The Hall–Kier alpha value is -3.94. The van der Waals surface area contributed by atoms with Crippen LogP contribution in [-0.2, 0) is 31.9 Å². The molecule has 0 fully saturated rings. The minimum Gasteiger partial charge on any atom is -0.486 e. The van der Waals surface area contributed by atoms with Gasteiger partial charge in [-0.1, -0.05) is 51.2 Å². The first-order chi connectivity index (χ1) is 20.4. The molecule has 0 aliphatic heterocycles. The van der Waals surface area contributed by atoms with Crippen molar-refractivity contribution in [3.05, 3.63) is 64.8 Å². The number of Topliss-reactive ketones (excluding diaryl/α,β-unsaturated/α-hetero) is 2. The highest BCUT2D eigenvalue weighted by Gasteiger charge is 2.22. The predicted molar refractivity (Wildman–Crippen MR) is 162 cm³/mol. The number of aryl methyl sites for hydroxylation is 1. The third kappa shape index (κ3) is 9.86. The highest BCUT2D eigenvalue weighted by Crippen LogP contribution is 2.27. The van der Waals surface area contributed by atoms with Crippen molar-refractivity contribution in [3.63, 3.8) is 0 Å². The molecular weight excluding hydrogens is 534 g/mol. The topological polar surface area (TPSA) is 112 Å². The molecule has 0 spiro atoms. The average molecular weight is 578 g/mol. The van der Waals surface area contributed by atoms with Gasteiger partial charge in [0.1, 0.15) is 12.4 Å². The lowest BCUT2D eigenvalue weighted by Crippen LogP contribution is -2.16. The maximum absolute atomic E-state index is 13.3. The standard InChI is InChI=1S/C34H43NO7/c1-4-5-6-7-8-9-12-24-15-18-27(19-16-24)42-23-26(36)22-30-33(31(37)13-10-11-14-32(38)40-2)28-21-25(34(39)41-3)17-20-29(28)35-30/h15-21,35H,4-14,22-23H2,1-3H3. The summed E-state index contributed by atoms with van der Waals surface area (Å²) in [5.74, 6) is -0.575. The SMILES string of the molecule is CCCCCCCCc1ccc(OCC(=O)Cc2[nH]c3ccc(C(=O)OC)cc3c2C(=O)CCCCC(=O)OC)cc1. The van der Waals surface area contributed by atoms with Gasteiger partial charge in [-0.3, -0.25) is 14.4 Å². The minimum absolute atomic E-state index is 0.0262. The molecule has 0 bridgehead atoms. The summed E-state index contributed by atoms with van der Waals surface area (Å²) in [6, 6.07) is 12.8. The number of fused-ring (bicyclic) bond motifs is 1. The number of benzene rings is 2. The molecule has 0 radical (unpaired) electrons. The zero-order valence-electron chi connectivity index (χ0n) is 25.1. The second kappa shape index (κ2) is 17.1. The van der Waals surface area contributed by atoms with Gasteiger partial charge in [0.15, 0.2) is 11.6 Å². The van der Waals surface area contributed by atoms with Crippen LogP contribution in [0.4, 0.5) is 0 Å². The summed E-state index contributed by atoms with van der Waals surface area (Å²) >= 11 is 0. The zero-order valence-corrected chi connectivity index (χ0v) is 25.1. The molecule has 0 saturated heterocycles. The Balaban J connectivity index is 1.64. The summed E-state index contributed by atoms with van der Waals surface area (Å²) in [6.07, 6.45) is 9.96. The van der Waals surface area contributed by atoms with Crippen LogP contribution in [0.15, 0.2) is 42.5 Å². The molecule has 0 amide bonds. The summed E-state index contributed by atoms with van der Waals surface area (Å²) in [5, 5.41) is 0.556. The van der Waals surface area contributed by atoms with Crippen LogP contribution in [0.25, 0.3) is 10.9 Å². The molecule has 42 heavy (non-hydrogen) atoms. The quantitative estimate of drug-likeness (QED) is 0.0931. The number of carbonyl (C=O) groups is 4. The first kappa shape index (κ1) is 32.6. The van der Waals surface area contributed by atoms with Crippen molar-refractivity contribution < 1.29 is 33.4 Å². The summed E-state index contributed by atoms with van der Waals surface area (Å²) in [6.45, 7) is 2.09. The van der Waals surface area contributed by atoms with Crippen LogP contribution in [0.2, 0.25) is 0 Å². The van der Waals surface area contributed by atoms with Crippen LogP contribution < -0.4 is 4.74 Å². The Morgan fingerprint density at radius 1 is 0.786 bits per heavy atom. The van der Waals surface area contributed by atoms with Gasteiger partial charge in [-0.15, -0.1) is 0 Å². The molecule has 0 aliphatic carbocycles. The Morgan fingerprint density at radius 3 is 2.21 bits per heavy atom. The molecule has 3 aromatic rings. The van der Waals surface area contributed by atoms with Crippen molar-refractivity contribution in [2.45, 2.75) is 84.0 Å². The highest BCUT2D eigenvalue weighted by atomic mass is 16.5. The number of H-pyrrole nitrogens is 1. The number of ketones is 2. The smallest absolute Gasteiger partial charge is 0.337 e. The largest absolute Gasteiger partial charge is 0.486 e. The third-order valence-corrected chi connectivity index (χ3v) is 7.35. The van der Waals surface area contributed by atoms with Gasteiger partial charge in [-0.05, 0) is 61.6 Å². The number of nitrogens with one attached hydrogen (secondary N) is 1. The normalized spacial score (nSPS) is 10.9. The van der Waals surface area contributed by atoms with E-state index in [4.69, 9.17) is 9.47 Å². The zero-order chi connectivity index (χ0) is 30.3. The van der Waals surface area contributed by atoms with Crippen LogP contribution in [0.3, 0.4) is 0 Å². The number of unbranched alkanes of at least 4 members (excludes halogenated alkanes) is 6. The molecule has 1 N–H and O–H groups in total. The van der Waals surface area contributed by atoms with E-state index in [-0.39, 0.29) is 43.4 Å². The minimum atomic E-state index is -0.515. The molecule has 3 rings (SSSR count). The van der Waals surface area contributed by atoms with E-state index in [9.17, 15) is 19.2 Å². The first-order valence-corrected chi connectivity index (χ1v) is 14.9. The lowest BCUT2D eigenvalue weighted by Gasteiger charge is -2.08. The fourth-order valence-electron chi connectivity index (χ4n) is 5.00. The Kier molecular flexibility index (Phi) is 13.3. The van der Waals surface area contributed by atoms with Crippen LogP contribution in [0, 0.1) is 0 Å². The summed E-state index contributed by atoms with van der Waals surface area (Å²) in [5.41, 5.74) is 3.06. The van der Waals surface area contributed by atoms with Crippen LogP contribution >= 0.6 is 0 Å². The fourth-order valence-corrected chi connectivity index (χ4v) is 5.00. The number of carbonyl (C=O) groups excluding carboxylic acids is 4. The van der Waals surface area contributed by atoms with Crippen molar-refractivity contribution >= 4 is 34.4 Å². The molecule has 1 heterocycles. The number of esters is 2. The summed E-state index contributed by atoms with van der Waals surface area (Å²) in [4.78, 5) is 53.1. The number of hydrogen-bond acceptors (Lipinski definition) is 7. The van der Waals surface area contributed by atoms with Gasteiger partial charge in [0.05, 0.1) is 26.2 Å².